The Balaban J connectivity index is 1.99. The molecule has 19 heavy (non-hydrogen) atoms. The van der Waals surface area contributed by atoms with Gasteiger partial charge in [0.2, 0.25) is 0 Å². The van der Waals surface area contributed by atoms with E-state index in [-0.39, 0.29) is 12.1 Å². The molecule has 1 aromatic rings. The summed E-state index contributed by atoms with van der Waals surface area (Å²) in [6.07, 6.45) is 4.09. The molecule has 1 fully saturated rings. The number of rotatable bonds is 4. The number of likely N-dealkylation sites (tertiary alicyclic amines) is 1. The van der Waals surface area contributed by atoms with Crippen LogP contribution < -0.4 is 5.32 Å². The van der Waals surface area contributed by atoms with Crippen molar-refractivity contribution < 1.29 is 9.53 Å². The third kappa shape index (κ3) is 3.64. The van der Waals surface area contributed by atoms with Crippen LogP contribution in [0, 0.1) is 0 Å². The van der Waals surface area contributed by atoms with Crippen LogP contribution in [-0.4, -0.2) is 43.5 Å². The van der Waals surface area contributed by atoms with Gasteiger partial charge in [-0.3, -0.25) is 0 Å². The Kier molecular flexibility index (Phi) is 5.10. The SMILES string of the molecule is COCC1CCCN1C(=O)Nc1cccc(SC)c1. The van der Waals surface area contributed by atoms with Gasteiger partial charge in [-0.2, -0.15) is 0 Å². The van der Waals surface area contributed by atoms with E-state index in [0.717, 1.165) is 30.0 Å². The molecule has 0 aliphatic carbocycles. The number of amides is 2. The number of hydrogen-bond donors (Lipinski definition) is 1. The lowest BCUT2D eigenvalue weighted by atomic mass is 10.2. The van der Waals surface area contributed by atoms with Gasteiger partial charge in [-0.25, -0.2) is 4.79 Å². The number of anilines is 1. The molecule has 5 heteroatoms. The molecule has 104 valence electrons. The van der Waals surface area contributed by atoms with Crippen LogP contribution >= 0.6 is 11.8 Å². The van der Waals surface area contributed by atoms with Crippen molar-refractivity contribution in [1.82, 2.24) is 4.90 Å². The van der Waals surface area contributed by atoms with E-state index in [2.05, 4.69) is 5.32 Å². The number of benzene rings is 1. The van der Waals surface area contributed by atoms with Gasteiger partial charge >= 0.3 is 6.03 Å². The molecular weight excluding hydrogens is 260 g/mol. The standard InChI is InChI=1S/C14H20N2O2S/c1-18-10-12-6-4-8-16(12)14(17)15-11-5-3-7-13(9-11)19-2/h3,5,7,9,12H,4,6,8,10H2,1-2H3,(H,15,17). The summed E-state index contributed by atoms with van der Waals surface area (Å²) in [5.41, 5.74) is 0.847. The molecule has 0 aromatic heterocycles. The lowest BCUT2D eigenvalue weighted by molar-refractivity contribution is 0.128. The normalized spacial score (nSPS) is 18.6. The van der Waals surface area contributed by atoms with Crippen LogP contribution in [0.4, 0.5) is 10.5 Å². The quantitative estimate of drug-likeness (QED) is 0.862. The summed E-state index contributed by atoms with van der Waals surface area (Å²) in [5.74, 6) is 0. The van der Waals surface area contributed by atoms with Crippen molar-refractivity contribution in [3.05, 3.63) is 24.3 Å². The van der Waals surface area contributed by atoms with Gasteiger partial charge in [-0.05, 0) is 37.3 Å². The number of carbonyl (C=O) groups is 1. The minimum Gasteiger partial charge on any atom is -0.383 e. The molecule has 2 rings (SSSR count). The van der Waals surface area contributed by atoms with Crippen molar-refractivity contribution in [3.63, 3.8) is 0 Å². The second-order valence-electron chi connectivity index (χ2n) is 4.61. The van der Waals surface area contributed by atoms with E-state index in [1.807, 2.05) is 35.4 Å². The van der Waals surface area contributed by atoms with E-state index in [9.17, 15) is 4.79 Å². The van der Waals surface area contributed by atoms with E-state index >= 15 is 0 Å². The van der Waals surface area contributed by atoms with Gasteiger partial charge in [-0.15, -0.1) is 11.8 Å². The molecule has 0 spiro atoms. The van der Waals surface area contributed by atoms with Crippen LogP contribution in [-0.2, 0) is 4.74 Å². The second kappa shape index (κ2) is 6.82. The number of nitrogens with one attached hydrogen (secondary N) is 1. The van der Waals surface area contributed by atoms with Crippen molar-refractivity contribution in [2.75, 3.05) is 31.8 Å². The smallest absolute Gasteiger partial charge is 0.322 e. The average Bonchev–Trinajstić information content (AvgIpc) is 2.88. The lowest BCUT2D eigenvalue weighted by Crippen LogP contribution is -2.40. The molecule has 1 aliphatic heterocycles. The monoisotopic (exact) mass is 280 g/mol. The highest BCUT2D eigenvalue weighted by molar-refractivity contribution is 7.98. The molecule has 0 bridgehead atoms. The van der Waals surface area contributed by atoms with Gasteiger partial charge in [0.25, 0.3) is 0 Å². The Labute approximate surface area is 118 Å². The van der Waals surface area contributed by atoms with Crippen molar-refractivity contribution in [2.24, 2.45) is 0 Å². The van der Waals surface area contributed by atoms with E-state index in [4.69, 9.17) is 4.74 Å². The van der Waals surface area contributed by atoms with Crippen LogP contribution in [0.25, 0.3) is 0 Å². The van der Waals surface area contributed by atoms with E-state index in [1.165, 1.54) is 0 Å². The molecule has 0 saturated carbocycles. The van der Waals surface area contributed by atoms with E-state index < -0.39 is 0 Å². The van der Waals surface area contributed by atoms with Crippen molar-refractivity contribution in [3.8, 4) is 0 Å². The molecule has 1 aromatic carbocycles. The first-order chi connectivity index (χ1) is 9.24. The number of thioether (sulfide) groups is 1. The summed E-state index contributed by atoms with van der Waals surface area (Å²) in [7, 11) is 1.68. The minimum absolute atomic E-state index is 0.0298. The first kappa shape index (κ1) is 14.2. The first-order valence-corrected chi connectivity index (χ1v) is 7.67. The maximum Gasteiger partial charge on any atom is 0.322 e. The van der Waals surface area contributed by atoms with Gasteiger partial charge in [0.1, 0.15) is 0 Å². The number of urea groups is 1. The van der Waals surface area contributed by atoms with Crippen LogP contribution in [0.2, 0.25) is 0 Å². The summed E-state index contributed by atoms with van der Waals surface area (Å²) in [6, 6.07) is 8.07. The number of methoxy groups -OCH3 is 1. The van der Waals surface area contributed by atoms with E-state index in [0.29, 0.717) is 6.61 Å². The molecule has 1 saturated heterocycles. The highest BCUT2D eigenvalue weighted by Gasteiger charge is 2.28. The summed E-state index contributed by atoms with van der Waals surface area (Å²) in [4.78, 5) is 15.3. The van der Waals surface area contributed by atoms with Crippen molar-refractivity contribution >= 4 is 23.5 Å². The zero-order valence-electron chi connectivity index (χ0n) is 11.4. The molecule has 4 nitrogen and oxygen atoms in total. The topological polar surface area (TPSA) is 41.6 Å². The highest BCUT2D eigenvalue weighted by atomic mass is 32.2. The number of ether oxygens (including phenoxy) is 1. The number of carbonyl (C=O) groups excluding carboxylic acids is 1. The number of nitrogens with zero attached hydrogens (tertiary/aromatic N) is 1. The zero-order chi connectivity index (χ0) is 13.7. The van der Waals surface area contributed by atoms with Gasteiger partial charge in [0, 0.05) is 24.2 Å². The van der Waals surface area contributed by atoms with Crippen LogP contribution in [0.5, 0.6) is 0 Å². The minimum atomic E-state index is -0.0298. The van der Waals surface area contributed by atoms with Crippen LogP contribution in [0.3, 0.4) is 0 Å². The summed E-state index contributed by atoms with van der Waals surface area (Å²) in [5, 5.41) is 2.97. The summed E-state index contributed by atoms with van der Waals surface area (Å²) >= 11 is 1.67. The van der Waals surface area contributed by atoms with Crippen molar-refractivity contribution in [2.45, 2.75) is 23.8 Å². The fourth-order valence-electron chi connectivity index (χ4n) is 2.36. The summed E-state index contributed by atoms with van der Waals surface area (Å²) < 4.78 is 5.17. The Morgan fingerprint density at radius 3 is 3.16 bits per heavy atom. The maximum atomic E-state index is 12.3. The molecule has 2 amide bonds. The first-order valence-electron chi connectivity index (χ1n) is 6.45. The Bertz CT molecular complexity index is 439. The third-order valence-corrected chi connectivity index (χ3v) is 4.04. The third-order valence-electron chi connectivity index (χ3n) is 3.32. The highest BCUT2D eigenvalue weighted by Crippen LogP contribution is 2.22. The fourth-order valence-corrected chi connectivity index (χ4v) is 2.82. The molecule has 1 atom stereocenters. The maximum absolute atomic E-state index is 12.3. The Morgan fingerprint density at radius 2 is 2.42 bits per heavy atom. The van der Waals surface area contributed by atoms with Crippen molar-refractivity contribution in [1.29, 1.82) is 0 Å². The average molecular weight is 280 g/mol. The van der Waals surface area contributed by atoms with Gasteiger partial charge in [-0.1, -0.05) is 6.07 Å². The molecule has 1 heterocycles. The lowest BCUT2D eigenvalue weighted by Gasteiger charge is -2.24. The number of hydrogen-bond acceptors (Lipinski definition) is 3. The largest absolute Gasteiger partial charge is 0.383 e. The Hall–Kier alpha value is -1.20. The predicted octanol–water partition coefficient (Wildman–Crippen LogP) is 3.05. The molecule has 1 aliphatic rings. The van der Waals surface area contributed by atoms with Gasteiger partial charge in [0.05, 0.1) is 12.6 Å². The molecule has 1 N–H and O–H groups in total. The zero-order valence-corrected chi connectivity index (χ0v) is 12.2. The molecule has 0 radical (unpaired) electrons. The Morgan fingerprint density at radius 1 is 1.58 bits per heavy atom. The summed E-state index contributed by atoms with van der Waals surface area (Å²) in [6.45, 7) is 1.42. The molecular formula is C14H20N2O2S. The van der Waals surface area contributed by atoms with E-state index in [1.54, 1.807) is 18.9 Å². The molecule has 1 unspecified atom stereocenters. The van der Waals surface area contributed by atoms with Crippen LogP contribution in [0.15, 0.2) is 29.2 Å². The predicted molar refractivity (Wildman–Crippen MR) is 78.8 cm³/mol. The van der Waals surface area contributed by atoms with Gasteiger partial charge in [0.15, 0.2) is 0 Å². The van der Waals surface area contributed by atoms with Gasteiger partial charge < -0.3 is 15.0 Å². The fraction of sp³-hybridized carbons (Fsp3) is 0.500. The second-order valence-corrected chi connectivity index (χ2v) is 5.49. The van der Waals surface area contributed by atoms with Crippen LogP contribution in [0.1, 0.15) is 12.8 Å².